The van der Waals surface area contributed by atoms with Gasteiger partial charge >= 0.3 is 6.03 Å². The fourth-order valence-corrected chi connectivity index (χ4v) is 3.74. The van der Waals surface area contributed by atoms with Gasteiger partial charge in [-0.05, 0) is 73.0 Å². The van der Waals surface area contributed by atoms with E-state index in [-0.39, 0.29) is 18.1 Å². The maximum atomic E-state index is 13.4. The molecule has 0 spiro atoms. The lowest BCUT2D eigenvalue weighted by Gasteiger charge is -2.13. The molecule has 0 saturated carbocycles. The zero-order valence-corrected chi connectivity index (χ0v) is 20.4. The quantitative estimate of drug-likeness (QED) is 0.328. The maximum absolute atomic E-state index is 13.4. The molecule has 0 aromatic heterocycles. The number of aryl methyl sites for hydroxylation is 1. The molecule has 1 fully saturated rings. The van der Waals surface area contributed by atoms with E-state index in [9.17, 15) is 18.8 Å². The molecule has 1 aliphatic rings. The number of ether oxygens (including phenoxy) is 2. The normalized spacial score (nSPS) is 14.0. The molecule has 8 nitrogen and oxygen atoms in total. The smallest absolute Gasteiger partial charge is 0.329 e. The van der Waals surface area contributed by atoms with Gasteiger partial charge < -0.3 is 20.1 Å². The number of nitrogens with zero attached hydrogens (tertiary/aromatic N) is 1. The molecule has 1 saturated heterocycles. The molecule has 9 heteroatoms. The summed E-state index contributed by atoms with van der Waals surface area (Å²) >= 11 is 0. The molecule has 0 aliphatic carbocycles. The molecule has 0 unspecified atom stereocenters. The Morgan fingerprint density at radius 3 is 2.59 bits per heavy atom. The molecule has 0 radical (unpaired) electrons. The molecular weight excluding hydrogens is 477 g/mol. The van der Waals surface area contributed by atoms with Crippen molar-refractivity contribution in [3.8, 4) is 11.5 Å². The van der Waals surface area contributed by atoms with E-state index in [4.69, 9.17) is 9.47 Å². The molecule has 190 valence electrons. The number of anilines is 1. The van der Waals surface area contributed by atoms with Crippen LogP contribution in [-0.2, 0) is 16.2 Å². The molecule has 4 amide bonds. The Hall–Kier alpha value is -4.66. The fourth-order valence-electron chi connectivity index (χ4n) is 3.74. The number of nitrogens with one attached hydrogen (secondary N) is 2. The van der Waals surface area contributed by atoms with Crippen LogP contribution in [0.3, 0.4) is 0 Å². The minimum Gasteiger partial charge on any atom is -0.490 e. The van der Waals surface area contributed by atoms with Gasteiger partial charge in [-0.1, -0.05) is 30.3 Å². The molecule has 0 bridgehead atoms. The number of carbonyl (C=O) groups excluding carboxylic acids is 3. The number of carbonyl (C=O) groups is 3. The molecule has 1 aliphatic heterocycles. The minimum absolute atomic E-state index is 0.0317. The summed E-state index contributed by atoms with van der Waals surface area (Å²) in [6.07, 6.45) is 1.50. The predicted molar refractivity (Wildman–Crippen MR) is 136 cm³/mol. The monoisotopic (exact) mass is 503 g/mol. The average molecular weight is 504 g/mol. The summed E-state index contributed by atoms with van der Waals surface area (Å²) in [5.41, 5.74) is 2.82. The SMILES string of the molecule is CCOc1cc(/C=C2/NC(=O)N(CC(=O)Nc3cccc(C)c3)C2=O)ccc1OCc1cccc(F)c1. The van der Waals surface area contributed by atoms with Gasteiger partial charge in [0.05, 0.1) is 6.61 Å². The van der Waals surface area contributed by atoms with Crippen LogP contribution in [0, 0.1) is 12.7 Å². The van der Waals surface area contributed by atoms with Crippen molar-refractivity contribution in [1.82, 2.24) is 10.2 Å². The van der Waals surface area contributed by atoms with Crippen LogP contribution < -0.4 is 20.1 Å². The van der Waals surface area contributed by atoms with E-state index in [1.165, 1.54) is 18.2 Å². The number of imide groups is 1. The summed E-state index contributed by atoms with van der Waals surface area (Å²) in [4.78, 5) is 38.5. The number of hydrogen-bond acceptors (Lipinski definition) is 5. The lowest BCUT2D eigenvalue weighted by atomic mass is 10.1. The van der Waals surface area contributed by atoms with Gasteiger partial charge in [0.1, 0.15) is 24.7 Å². The van der Waals surface area contributed by atoms with Gasteiger partial charge in [0.15, 0.2) is 11.5 Å². The third kappa shape index (κ3) is 6.52. The Bertz CT molecular complexity index is 1370. The van der Waals surface area contributed by atoms with Crippen molar-refractivity contribution < 1.29 is 28.2 Å². The zero-order chi connectivity index (χ0) is 26.4. The number of amides is 4. The van der Waals surface area contributed by atoms with Crippen molar-refractivity contribution in [1.29, 1.82) is 0 Å². The molecule has 2 N–H and O–H groups in total. The summed E-state index contributed by atoms with van der Waals surface area (Å²) in [6, 6.07) is 17.7. The fraction of sp³-hybridized carbons (Fsp3) is 0.179. The Morgan fingerprint density at radius 2 is 1.84 bits per heavy atom. The number of rotatable bonds is 9. The van der Waals surface area contributed by atoms with E-state index in [1.807, 2.05) is 19.9 Å². The molecule has 4 rings (SSSR count). The van der Waals surface area contributed by atoms with Crippen LogP contribution in [0.25, 0.3) is 6.08 Å². The summed E-state index contributed by atoms with van der Waals surface area (Å²) in [7, 11) is 0. The van der Waals surface area contributed by atoms with Crippen LogP contribution in [0.15, 0.2) is 72.4 Å². The summed E-state index contributed by atoms with van der Waals surface area (Å²) < 4.78 is 24.9. The standard InChI is InChI=1S/C28H26FN3O5/c1-3-36-25-15-19(10-11-24(25)37-17-20-7-5-8-21(29)13-20)14-23-27(34)32(28(35)31-23)16-26(33)30-22-9-4-6-18(2)12-22/h4-15H,3,16-17H2,1-2H3,(H,30,33)(H,31,35)/b23-14+. The van der Waals surface area contributed by atoms with Gasteiger partial charge in [0.25, 0.3) is 5.91 Å². The Balaban J connectivity index is 1.45. The van der Waals surface area contributed by atoms with Crippen LogP contribution >= 0.6 is 0 Å². The van der Waals surface area contributed by atoms with Crippen LogP contribution in [0.1, 0.15) is 23.6 Å². The van der Waals surface area contributed by atoms with E-state index >= 15 is 0 Å². The molecule has 37 heavy (non-hydrogen) atoms. The average Bonchev–Trinajstić information content (AvgIpc) is 3.11. The van der Waals surface area contributed by atoms with E-state index in [1.54, 1.807) is 48.5 Å². The number of urea groups is 1. The topological polar surface area (TPSA) is 97.0 Å². The highest BCUT2D eigenvalue weighted by Gasteiger charge is 2.35. The third-order valence-corrected chi connectivity index (χ3v) is 5.43. The van der Waals surface area contributed by atoms with Crippen LogP contribution in [0.4, 0.5) is 14.9 Å². The van der Waals surface area contributed by atoms with Gasteiger partial charge in [-0.2, -0.15) is 0 Å². The van der Waals surface area contributed by atoms with Crippen LogP contribution in [0.5, 0.6) is 11.5 Å². The van der Waals surface area contributed by atoms with E-state index in [0.717, 1.165) is 10.5 Å². The first-order chi connectivity index (χ1) is 17.8. The summed E-state index contributed by atoms with van der Waals surface area (Å²) in [5.74, 6) is -0.579. The molecule has 1 heterocycles. The van der Waals surface area contributed by atoms with Crippen molar-refractivity contribution in [3.63, 3.8) is 0 Å². The predicted octanol–water partition coefficient (Wildman–Crippen LogP) is 4.64. The second kappa shape index (κ2) is 11.4. The largest absolute Gasteiger partial charge is 0.490 e. The highest BCUT2D eigenvalue weighted by atomic mass is 19.1. The van der Waals surface area contributed by atoms with Crippen molar-refractivity contribution >= 4 is 29.6 Å². The lowest BCUT2D eigenvalue weighted by Crippen LogP contribution is -2.38. The molecule has 0 atom stereocenters. The highest BCUT2D eigenvalue weighted by molar-refractivity contribution is 6.16. The van der Waals surface area contributed by atoms with Crippen LogP contribution in [-0.4, -0.2) is 35.9 Å². The summed E-state index contributed by atoms with van der Waals surface area (Å²) in [5, 5.41) is 5.20. The van der Waals surface area contributed by atoms with Crippen molar-refractivity contribution in [2.24, 2.45) is 0 Å². The first-order valence-corrected chi connectivity index (χ1v) is 11.7. The van der Waals surface area contributed by atoms with Gasteiger partial charge in [-0.15, -0.1) is 0 Å². The first kappa shape index (κ1) is 25.4. The van der Waals surface area contributed by atoms with Gasteiger partial charge in [0.2, 0.25) is 5.91 Å². The number of halogens is 1. The van der Waals surface area contributed by atoms with Crippen molar-refractivity contribution in [3.05, 3.63) is 94.9 Å². The minimum atomic E-state index is -0.685. The van der Waals surface area contributed by atoms with Crippen LogP contribution in [0.2, 0.25) is 0 Å². The number of benzene rings is 3. The van der Waals surface area contributed by atoms with E-state index in [0.29, 0.717) is 34.9 Å². The Kier molecular flexibility index (Phi) is 7.83. The van der Waals surface area contributed by atoms with Gasteiger partial charge in [0, 0.05) is 5.69 Å². The third-order valence-electron chi connectivity index (χ3n) is 5.43. The van der Waals surface area contributed by atoms with Crippen molar-refractivity contribution in [2.45, 2.75) is 20.5 Å². The maximum Gasteiger partial charge on any atom is 0.329 e. The number of hydrogen-bond donors (Lipinski definition) is 2. The van der Waals surface area contributed by atoms with Crippen molar-refractivity contribution in [2.75, 3.05) is 18.5 Å². The zero-order valence-electron chi connectivity index (χ0n) is 20.4. The highest BCUT2D eigenvalue weighted by Crippen LogP contribution is 2.30. The van der Waals surface area contributed by atoms with Gasteiger partial charge in [-0.25, -0.2) is 14.1 Å². The summed E-state index contributed by atoms with van der Waals surface area (Å²) in [6.45, 7) is 3.81. The second-order valence-corrected chi connectivity index (χ2v) is 8.35. The molecule has 3 aromatic carbocycles. The Labute approximate surface area is 213 Å². The van der Waals surface area contributed by atoms with Gasteiger partial charge in [-0.3, -0.25) is 9.59 Å². The van der Waals surface area contributed by atoms with E-state index < -0.39 is 24.4 Å². The Morgan fingerprint density at radius 1 is 1.03 bits per heavy atom. The first-order valence-electron chi connectivity index (χ1n) is 11.7. The second-order valence-electron chi connectivity index (χ2n) is 8.35. The lowest BCUT2D eigenvalue weighted by molar-refractivity contribution is -0.127. The molecule has 3 aromatic rings. The van der Waals surface area contributed by atoms with E-state index in [2.05, 4.69) is 10.6 Å². The molecular formula is C28H26FN3O5.